The molecule has 2 rings (SSSR count). The van der Waals surface area contributed by atoms with E-state index in [1.807, 2.05) is 18.2 Å². The van der Waals surface area contributed by atoms with Crippen LogP contribution in [0.15, 0.2) is 59.1 Å². The van der Waals surface area contributed by atoms with Crippen LogP contribution in [0.4, 0.5) is 4.39 Å². The molecular formula is C15H10BrFO. The SMILES string of the molecule is O=C(C=Cc1ccc(F)c(Br)c1)c1ccccc1. The van der Waals surface area contributed by atoms with Crippen molar-refractivity contribution < 1.29 is 9.18 Å². The van der Waals surface area contributed by atoms with Crippen molar-refractivity contribution in [2.45, 2.75) is 0 Å². The van der Waals surface area contributed by atoms with Gasteiger partial charge >= 0.3 is 0 Å². The zero-order chi connectivity index (χ0) is 13.0. The van der Waals surface area contributed by atoms with Crippen LogP contribution < -0.4 is 0 Å². The molecular weight excluding hydrogens is 295 g/mol. The van der Waals surface area contributed by atoms with E-state index in [0.717, 1.165) is 5.56 Å². The topological polar surface area (TPSA) is 17.1 Å². The first-order valence-corrected chi connectivity index (χ1v) is 6.18. The van der Waals surface area contributed by atoms with Gasteiger partial charge in [0, 0.05) is 5.56 Å². The summed E-state index contributed by atoms with van der Waals surface area (Å²) >= 11 is 3.10. The first kappa shape index (κ1) is 12.7. The Morgan fingerprint density at radius 2 is 1.83 bits per heavy atom. The molecule has 0 spiro atoms. The van der Waals surface area contributed by atoms with E-state index in [1.165, 1.54) is 12.1 Å². The lowest BCUT2D eigenvalue weighted by Gasteiger charge is -1.97. The Morgan fingerprint density at radius 1 is 1.11 bits per heavy atom. The highest BCUT2D eigenvalue weighted by molar-refractivity contribution is 9.10. The van der Waals surface area contributed by atoms with Gasteiger partial charge in [-0.25, -0.2) is 4.39 Å². The van der Waals surface area contributed by atoms with Crippen molar-refractivity contribution in [1.29, 1.82) is 0 Å². The average molecular weight is 305 g/mol. The molecule has 0 aromatic heterocycles. The second-order valence-corrected chi connectivity index (χ2v) is 4.59. The first-order chi connectivity index (χ1) is 8.66. The maximum Gasteiger partial charge on any atom is 0.185 e. The minimum absolute atomic E-state index is 0.0731. The standard InChI is InChI=1S/C15H10BrFO/c16-13-10-11(6-8-14(13)17)7-9-15(18)12-4-2-1-3-5-12/h1-10H. The molecule has 0 bridgehead atoms. The normalized spacial score (nSPS) is 10.8. The monoisotopic (exact) mass is 304 g/mol. The summed E-state index contributed by atoms with van der Waals surface area (Å²) in [4.78, 5) is 11.8. The fraction of sp³-hybridized carbons (Fsp3) is 0. The predicted molar refractivity (Wildman–Crippen MR) is 73.9 cm³/mol. The number of hydrogen-bond acceptors (Lipinski definition) is 1. The van der Waals surface area contributed by atoms with Crippen LogP contribution >= 0.6 is 15.9 Å². The maximum absolute atomic E-state index is 13.0. The molecule has 0 amide bonds. The van der Waals surface area contributed by atoms with E-state index in [4.69, 9.17) is 0 Å². The summed E-state index contributed by atoms with van der Waals surface area (Å²) in [5.74, 6) is -0.391. The summed E-state index contributed by atoms with van der Waals surface area (Å²) in [5, 5.41) is 0. The Labute approximate surface area is 113 Å². The smallest absolute Gasteiger partial charge is 0.185 e. The average Bonchev–Trinajstić information content (AvgIpc) is 2.41. The van der Waals surface area contributed by atoms with Crippen molar-refractivity contribution in [2.75, 3.05) is 0 Å². The zero-order valence-electron chi connectivity index (χ0n) is 9.44. The van der Waals surface area contributed by atoms with Crippen LogP contribution in [0.25, 0.3) is 6.08 Å². The van der Waals surface area contributed by atoms with Gasteiger partial charge in [-0.1, -0.05) is 42.5 Å². The number of rotatable bonds is 3. The highest BCUT2D eigenvalue weighted by atomic mass is 79.9. The summed E-state index contributed by atoms with van der Waals surface area (Å²) in [6.07, 6.45) is 3.15. The maximum atomic E-state index is 13.0. The lowest BCUT2D eigenvalue weighted by Crippen LogP contribution is -1.92. The molecule has 3 heteroatoms. The second-order valence-electron chi connectivity index (χ2n) is 3.74. The van der Waals surface area contributed by atoms with Crippen LogP contribution in [0.3, 0.4) is 0 Å². The number of carbonyl (C=O) groups excluding carboxylic acids is 1. The van der Waals surface area contributed by atoms with Crippen LogP contribution in [-0.4, -0.2) is 5.78 Å². The Hall–Kier alpha value is -1.74. The molecule has 18 heavy (non-hydrogen) atoms. The molecule has 1 nitrogen and oxygen atoms in total. The first-order valence-electron chi connectivity index (χ1n) is 5.39. The minimum Gasteiger partial charge on any atom is -0.289 e. The minimum atomic E-state index is -0.318. The quantitative estimate of drug-likeness (QED) is 0.603. The summed E-state index contributed by atoms with van der Waals surface area (Å²) < 4.78 is 13.4. The van der Waals surface area contributed by atoms with Crippen molar-refractivity contribution in [3.63, 3.8) is 0 Å². The summed E-state index contributed by atoms with van der Waals surface area (Å²) in [7, 11) is 0. The molecule has 0 aliphatic carbocycles. The number of ketones is 1. The number of hydrogen-bond donors (Lipinski definition) is 0. The number of halogens is 2. The summed E-state index contributed by atoms with van der Waals surface area (Å²) in [5.41, 5.74) is 1.41. The van der Waals surface area contributed by atoms with Crippen molar-refractivity contribution in [3.8, 4) is 0 Å². The molecule has 0 radical (unpaired) electrons. The molecule has 0 heterocycles. The number of carbonyl (C=O) groups is 1. The van der Waals surface area contributed by atoms with Crippen LogP contribution in [0.2, 0.25) is 0 Å². The van der Waals surface area contributed by atoms with E-state index in [2.05, 4.69) is 15.9 Å². The highest BCUT2D eigenvalue weighted by Crippen LogP contribution is 2.17. The number of allylic oxidation sites excluding steroid dienone is 1. The molecule has 2 aromatic carbocycles. The van der Waals surface area contributed by atoms with Crippen LogP contribution in [0.5, 0.6) is 0 Å². The second kappa shape index (κ2) is 5.74. The predicted octanol–water partition coefficient (Wildman–Crippen LogP) is 4.48. The molecule has 0 atom stereocenters. The molecule has 0 aliphatic rings. The van der Waals surface area contributed by atoms with Gasteiger partial charge in [-0.05, 0) is 39.7 Å². The fourth-order valence-corrected chi connectivity index (χ4v) is 1.88. The van der Waals surface area contributed by atoms with Crippen LogP contribution in [0.1, 0.15) is 15.9 Å². The van der Waals surface area contributed by atoms with E-state index >= 15 is 0 Å². The van der Waals surface area contributed by atoms with E-state index in [-0.39, 0.29) is 11.6 Å². The highest BCUT2D eigenvalue weighted by Gasteiger charge is 2.01. The molecule has 0 fully saturated rings. The fourth-order valence-electron chi connectivity index (χ4n) is 1.49. The van der Waals surface area contributed by atoms with Gasteiger partial charge in [0.2, 0.25) is 0 Å². The molecule has 0 unspecified atom stereocenters. The van der Waals surface area contributed by atoms with Crippen molar-refractivity contribution in [1.82, 2.24) is 0 Å². The van der Waals surface area contributed by atoms with Gasteiger partial charge in [-0.3, -0.25) is 4.79 Å². The summed E-state index contributed by atoms with van der Waals surface area (Å²) in [6.45, 7) is 0. The van der Waals surface area contributed by atoms with Gasteiger partial charge in [0.1, 0.15) is 5.82 Å². The van der Waals surface area contributed by atoms with Gasteiger partial charge < -0.3 is 0 Å². The van der Waals surface area contributed by atoms with Crippen molar-refractivity contribution >= 4 is 27.8 Å². The van der Waals surface area contributed by atoms with Gasteiger partial charge in [-0.15, -0.1) is 0 Å². The van der Waals surface area contributed by atoms with Gasteiger partial charge in [0.25, 0.3) is 0 Å². The van der Waals surface area contributed by atoms with E-state index in [0.29, 0.717) is 10.0 Å². The Kier molecular flexibility index (Phi) is 4.05. The van der Waals surface area contributed by atoms with Crippen molar-refractivity contribution in [3.05, 3.63) is 76.0 Å². The van der Waals surface area contributed by atoms with Gasteiger partial charge in [0.15, 0.2) is 5.78 Å². The largest absolute Gasteiger partial charge is 0.289 e. The van der Waals surface area contributed by atoms with Gasteiger partial charge in [-0.2, -0.15) is 0 Å². The van der Waals surface area contributed by atoms with Gasteiger partial charge in [0.05, 0.1) is 4.47 Å². The van der Waals surface area contributed by atoms with E-state index < -0.39 is 0 Å². The van der Waals surface area contributed by atoms with Crippen LogP contribution in [0, 0.1) is 5.82 Å². The zero-order valence-corrected chi connectivity index (χ0v) is 11.0. The third-order valence-corrected chi connectivity index (χ3v) is 3.04. The molecule has 0 saturated heterocycles. The van der Waals surface area contributed by atoms with Crippen LogP contribution in [-0.2, 0) is 0 Å². The molecule has 90 valence electrons. The van der Waals surface area contributed by atoms with Crippen molar-refractivity contribution in [2.24, 2.45) is 0 Å². The lowest BCUT2D eigenvalue weighted by atomic mass is 10.1. The molecule has 2 aromatic rings. The number of benzene rings is 2. The van der Waals surface area contributed by atoms with E-state index in [9.17, 15) is 9.18 Å². The third kappa shape index (κ3) is 3.14. The molecule has 0 saturated carbocycles. The Bertz CT molecular complexity index is 591. The Morgan fingerprint density at radius 3 is 2.50 bits per heavy atom. The molecule has 0 aliphatic heterocycles. The molecule has 0 N–H and O–H groups in total. The summed E-state index contributed by atoms with van der Waals surface area (Å²) in [6, 6.07) is 13.6. The lowest BCUT2D eigenvalue weighted by molar-refractivity contribution is 0.104. The van der Waals surface area contributed by atoms with E-state index in [1.54, 1.807) is 30.3 Å². The third-order valence-electron chi connectivity index (χ3n) is 2.43. The Balaban J connectivity index is 2.16.